The van der Waals surface area contributed by atoms with Crippen molar-refractivity contribution >= 4 is 5.91 Å². The van der Waals surface area contributed by atoms with Crippen LogP contribution in [0.1, 0.15) is 45.4 Å². The molecule has 1 N–H and O–H groups in total. The summed E-state index contributed by atoms with van der Waals surface area (Å²) in [7, 11) is 0. The second-order valence-corrected chi connectivity index (χ2v) is 7.06. The van der Waals surface area contributed by atoms with E-state index in [1.54, 1.807) is 0 Å². The number of nitrogens with zero attached hydrogens (tertiary/aromatic N) is 2. The molecule has 1 amide bonds. The third-order valence-electron chi connectivity index (χ3n) is 5.57. The van der Waals surface area contributed by atoms with Crippen LogP contribution in [0.25, 0.3) is 0 Å². The number of hydrogen-bond acceptors (Lipinski definition) is 3. The van der Waals surface area contributed by atoms with Gasteiger partial charge in [0.25, 0.3) is 0 Å². The van der Waals surface area contributed by atoms with Crippen LogP contribution in [-0.2, 0) is 4.79 Å². The Balaban J connectivity index is 1.62. The van der Waals surface area contributed by atoms with Crippen molar-refractivity contribution in [1.29, 1.82) is 0 Å². The van der Waals surface area contributed by atoms with E-state index >= 15 is 0 Å². The van der Waals surface area contributed by atoms with Crippen LogP contribution in [0.2, 0.25) is 0 Å². The normalized spacial score (nSPS) is 33.5. The first-order valence-electron chi connectivity index (χ1n) is 8.44. The number of carbonyl (C=O) groups is 1. The third-order valence-corrected chi connectivity index (χ3v) is 5.57. The lowest BCUT2D eigenvalue weighted by molar-refractivity contribution is -0.136. The largest absolute Gasteiger partial charge is 0.341 e. The smallest absolute Gasteiger partial charge is 0.239 e. The van der Waals surface area contributed by atoms with E-state index in [0.29, 0.717) is 11.3 Å². The number of likely N-dealkylation sites (tertiary alicyclic amines) is 2. The van der Waals surface area contributed by atoms with Gasteiger partial charge in [0.05, 0.1) is 6.04 Å². The summed E-state index contributed by atoms with van der Waals surface area (Å²) in [6, 6.07) is 0.0761. The van der Waals surface area contributed by atoms with Crippen molar-refractivity contribution in [3.8, 4) is 0 Å². The first-order chi connectivity index (χ1) is 9.70. The molecule has 3 heterocycles. The topological polar surface area (TPSA) is 35.6 Å². The Bertz CT molecular complexity index is 340. The van der Waals surface area contributed by atoms with Crippen LogP contribution in [0.15, 0.2) is 0 Å². The second kappa shape index (κ2) is 6.02. The molecule has 0 bridgehead atoms. The van der Waals surface area contributed by atoms with E-state index < -0.39 is 0 Å². The van der Waals surface area contributed by atoms with Gasteiger partial charge >= 0.3 is 0 Å². The highest BCUT2D eigenvalue weighted by atomic mass is 16.2. The molecule has 1 spiro atoms. The molecule has 4 heteroatoms. The third kappa shape index (κ3) is 2.86. The van der Waals surface area contributed by atoms with Gasteiger partial charge in [0.1, 0.15) is 0 Å². The monoisotopic (exact) mass is 279 g/mol. The lowest BCUT2D eigenvalue weighted by Crippen LogP contribution is -2.56. The Hall–Kier alpha value is -0.610. The summed E-state index contributed by atoms with van der Waals surface area (Å²) in [4.78, 5) is 17.1. The average molecular weight is 279 g/mol. The summed E-state index contributed by atoms with van der Waals surface area (Å²) in [6.07, 6.45) is 7.59. The van der Waals surface area contributed by atoms with Gasteiger partial charge in [0.2, 0.25) is 5.91 Å². The first kappa shape index (κ1) is 14.3. The van der Waals surface area contributed by atoms with Gasteiger partial charge in [-0.15, -0.1) is 0 Å². The summed E-state index contributed by atoms with van der Waals surface area (Å²) >= 11 is 0. The summed E-state index contributed by atoms with van der Waals surface area (Å²) in [5, 5.41) is 3.57. The number of amides is 1. The second-order valence-electron chi connectivity index (χ2n) is 7.06. The number of hydrogen-bond donors (Lipinski definition) is 1. The molecule has 0 saturated carbocycles. The summed E-state index contributed by atoms with van der Waals surface area (Å²) in [6.45, 7) is 8.60. The minimum Gasteiger partial charge on any atom is -0.341 e. The molecule has 3 aliphatic heterocycles. The Kier molecular flexibility index (Phi) is 4.32. The number of piperidine rings is 2. The predicted octanol–water partition coefficient (Wildman–Crippen LogP) is 1.46. The minimum atomic E-state index is 0.0761. The van der Waals surface area contributed by atoms with Crippen molar-refractivity contribution in [2.75, 3.05) is 39.3 Å². The van der Waals surface area contributed by atoms with E-state index in [4.69, 9.17) is 0 Å². The molecule has 2 atom stereocenters. The van der Waals surface area contributed by atoms with Crippen LogP contribution >= 0.6 is 0 Å². The fourth-order valence-corrected chi connectivity index (χ4v) is 4.31. The lowest BCUT2D eigenvalue weighted by atomic mass is 9.74. The van der Waals surface area contributed by atoms with Crippen LogP contribution < -0.4 is 5.32 Å². The fraction of sp³-hybridized carbons (Fsp3) is 0.938. The predicted molar refractivity (Wildman–Crippen MR) is 80.6 cm³/mol. The van der Waals surface area contributed by atoms with Crippen molar-refractivity contribution in [2.45, 2.75) is 51.5 Å². The minimum absolute atomic E-state index is 0.0761. The van der Waals surface area contributed by atoms with E-state index in [1.165, 1.54) is 45.1 Å². The van der Waals surface area contributed by atoms with Crippen molar-refractivity contribution < 1.29 is 4.79 Å². The van der Waals surface area contributed by atoms with Crippen LogP contribution in [-0.4, -0.2) is 61.0 Å². The van der Waals surface area contributed by atoms with Crippen LogP contribution in [0.4, 0.5) is 0 Å². The van der Waals surface area contributed by atoms with Crippen molar-refractivity contribution in [3.05, 3.63) is 0 Å². The van der Waals surface area contributed by atoms with Gasteiger partial charge in [-0.25, -0.2) is 0 Å². The molecule has 0 radical (unpaired) electrons. The van der Waals surface area contributed by atoms with Gasteiger partial charge in [-0.05, 0) is 64.0 Å². The van der Waals surface area contributed by atoms with Gasteiger partial charge in [-0.2, -0.15) is 0 Å². The maximum absolute atomic E-state index is 12.6. The van der Waals surface area contributed by atoms with Crippen LogP contribution in [0, 0.1) is 5.41 Å². The van der Waals surface area contributed by atoms with Crippen molar-refractivity contribution in [3.63, 3.8) is 0 Å². The van der Waals surface area contributed by atoms with E-state index in [1.807, 2.05) is 0 Å². The van der Waals surface area contributed by atoms with Crippen LogP contribution in [0.3, 0.4) is 0 Å². The highest BCUT2D eigenvalue weighted by Gasteiger charge is 2.39. The number of nitrogens with one attached hydrogen (secondary N) is 1. The zero-order valence-corrected chi connectivity index (χ0v) is 12.9. The Labute approximate surface area is 122 Å². The quantitative estimate of drug-likeness (QED) is 0.831. The zero-order valence-electron chi connectivity index (χ0n) is 12.9. The molecule has 3 saturated heterocycles. The van der Waals surface area contributed by atoms with Crippen molar-refractivity contribution in [1.82, 2.24) is 15.1 Å². The molecule has 4 nitrogen and oxygen atoms in total. The number of carbonyl (C=O) groups excluding carboxylic acids is 1. The van der Waals surface area contributed by atoms with E-state index in [-0.39, 0.29) is 6.04 Å². The van der Waals surface area contributed by atoms with Gasteiger partial charge in [-0.3, -0.25) is 9.69 Å². The van der Waals surface area contributed by atoms with E-state index in [2.05, 4.69) is 22.0 Å². The highest BCUT2D eigenvalue weighted by molar-refractivity contribution is 5.81. The van der Waals surface area contributed by atoms with E-state index in [0.717, 1.165) is 32.7 Å². The molecule has 3 fully saturated rings. The molecular weight excluding hydrogens is 250 g/mol. The Morgan fingerprint density at radius 3 is 2.55 bits per heavy atom. The van der Waals surface area contributed by atoms with Gasteiger partial charge < -0.3 is 10.2 Å². The van der Waals surface area contributed by atoms with Crippen LogP contribution in [0.5, 0.6) is 0 Å². The molecule has 3 aliphatic rings. The maximum atomic E-state index is 12.6. The molecule has 2 unspecified atom stereocenters. The first-order valence-corrected chi connectivity index (χ1v) is 8.44. The SMILES string of the molecule is CC(C(=O)N1CCCC1)N1CCCC2(CCCNC2)C1. The standard InChI is InChI=1S/C16H29N3O/c1-14(15(20)18-9-2-3-10-18)19-11-5-7-16(13-19)6-4-8-17-12-16/h14,17H,2-13H2,1H3. The average Bonchev–Trinajstić information content (AvgIpc) is 3.01. The molecule has 0 aromatic heterocycles. The summed E-state index contributed by atoms with van der Waals surface area (Å²) in [5.41, 5.74) is 0.441. The zero-order chi connectivity index (χ0) is 14.0. The number of rotatable bonds is 2. The van der Waals surface area contributed by atoms with Gasteiger partial charge in [0, 0.05) is 26.2 Å². The van der Waals surface area contributed by atoms with Gasteiger partial charge in [0.15, 0.2) is 0 Å². The summed E-state index contributed by atoms with van der Waals surface area (Å²) < 4.78 is 0. The summed E-state index contributed by atoms with van der Waals surface area (Å²) in [5.74, 6) is 0.364. The molecular formula is C16H29N3O. The lowest BCUT2D eigenvalue weighted by Gasteiger charge is -2.47. The fourth-order valence-electron chi connectivity index (χ4n) is 4.31. The molecule has 114 valence electrons. The van der Waals surface area contributed by atoms with Gasteiger partial charge in [-0.1, -0.05) is 0 Å². The maximum Gasteiger partial charge on any atom is 0.239 e. The molecule has 0 aromatic carbocycles. The Morgan fingerprint density at radius 1 is 1.10 bits per heavy atom. The van der Waals surface area contributed by atoms with Crippen molar-refractivity contribution in [2.24, 2.45) is 5.41 Å². The molecule has 20 heavy (non-hydrogen) atoms. The highest BCUT2D eigenvalue weighted by Crippen LogP contribution is 2.36. The molecule has 0 aliphatic carbocycles. The molecule has 0 aromatic rings. The Morgan fingerprint density at radius 2 is 1.85 bits per heavy atom. The van der Waals surface area contributed by atoms with E-state index in [9.17, 15) is 4.79 Å². The molecule has 3 rings (SSSR count).